The number of hydrogen-bond donors (Lipinski definition) is 3. The van der Waals surface area contributed by atoms with Crippen molar-refractivity contribution in [1.29, 1.82) is 0 Å². The van der Waals surface area contributed by atoms with Crippen LogP contribution >= 0.6 is 0 Å². The SMILES string of the molecule is CCC(CO)NC(=O)Cn1ccc(=O)[nH]c1=O. The number of aliphatic hydroxyl groups excluding tert-OH is 1. The molecule has 0 aromatic carbocycles. The number of aromatic amines is 1. The second-order valence-corrected chi connectivity index (χ2v) is 3.59. The van der Waals surface area contributed by atoms with Crippen LogP contribution in [0.5, 0.6) is 0 Å². The predicted molar refractivity (Wildman–Crippen MR) is 60.6 cm³/mol. The first-order chi connectivity index (χ1) is 8.06. The first kappa shape index (κ1) is 13.2. The fourth-order valence-corrected chi connectivity index (χ4v) is 1.27. The van der Waals surface area contributed by atoms with Gasteiger partial charge in [0.15, 0.2) is 0 Å². The maximum atomic E-state index is 11.5. The quantitative estimate of drug-likeness (QED) is 0.579. The van der Waals surface area contributed by atoms with E-state index in [0.29, 0.717) is 6.42 Å². The van der Waals surface area contributed by atoms with Gasteiger partial charge in [-0.05, 0) is 6.42 Å². The monoisotopic (exact) mass is 241 g/mol. The van der Waals surface area contributed by atoms with E-state index in [0.717, 1.165) is 10.6 Å². The lowest BCUT2D eigenvalue weighted by Gasteiger charge is -2.14. The Labute approximate surface area is 97.1 Å². The molecule has 0 aliphatic heterocycles. The second kappa shape index (κ2) is 6.00. The van der Waals surface area contributed by atoms with Gasteiger partial charge in [-0.25, -0.2) is 4.79 Å². The normalized spacial score (nSPS) is 12.1. The van der Waals surface area contributed by atoms with Gasteiger partial charge in [-0.3, -0.25) is 19.1 Å². The molecule has 7 nitrogen and oxygen atoms in total. The number of aliphatic hydroxyl groups is 1. The first-order valence-corrected chi connectivity index (χ1v) is 5.26. The van der Waals surface area contributed by atoms with E-state index in [2.05, 4.69) is 5.32 Å². The summed E-state index contributed by atoms with van der Waals surface area (Å²) in [4.78, 5) is 35.6. The van der Waals surface area contributed by atoms with Crippen molar-refractivity contribution in [3.05, 3.63) is 33.1 Å². The van der Waals surface area contributed by atoms with E-state index in [1.165, 1.54) is 6.20 Å². The van der Waals surface area contributed by atoms with Gasteiger partial charge in [-0.1, -0.05) is 6.92 Å². The van der Waals surface area contributed by atoms with Gasteiger partial charge in [0, 0.05) is 12.3 Å². The van der Waals surface area contributed by atoms with Crippen LogP contribution in [0.15, 0.2) is 21.9 Å². The molecule has 1 amide bonds. The molecule has 1 aromatic heterocycles. The van der Waals surface area contributed by atoms with Crippen LogP contribution in [0.4, 0.5) is 0 Å². The fourth-order valence-electron chi connectivity index (χ4n) is 1.27. The summed E-state index contributed by atoms with van der Waals surface area (Å²) in [6, 6.07) is 0.846. The van der Waals surface area contributed by atoms with Crippen molar-refractivity contribution in [2.75, 3.05) is 6.61 Å². The minimum absolute atomic E-state index is 0.150. The molecule has 3 N–H and O–H groups in total. The highest BCUT2D eigenvalue weighted by Crippen LogP contribution is 1.89. The molecule has 1 rings (SSSR count). The number of nitrogens with one attached hydrogen (secondary N) is 2. The Bertz CT molecular complexity index is 487. The largest absolute Gasteiger partial charge is 0.394 e. The van der Waals surface area contributed by atoms with Gasteiger partial charge >= 0.3 is 5.69 Å². The van der Waals surface area contributed by atoms with Gasteiger partial charge in [0.1, 0.15) is 6.54 Å². The Morgan fingerprint density at radius 1 is 1.59 bits per heavy atom. The lowest BCUT2D eigenvalue weighted by atomic mass is 10.2. The molecule has 17 heavy (non-hydrogen) atoms. The number of hydrogen-bond acceptors (Lipinski definition) is 4. The second-order valence-electron chi connectivity index (χ2n) is 3.59. The van der Waals surface area contributed by atoms with Crippen LogP contribution in [0, 0.1) is 0 Å². The average molecular weight is 241 g/mol. The van der Waals surface area contributed by atoms with Crippen molar-refractivity contribution in [2.45, 2.75) is 25.9 Å². The van der Waals surface area contributed by atoms with Gasteiger partial charge in [0.25, 0.3) is 5.56 Å². The summed E-state index contributed by atoms with van der Waals surface area (Å²) in [5, 5.41) is 11.5. The predicted octanol–water partition coefficient (Wildman–Crippen LogP) is -1.58. The van der Waals surface area contributed by atoms with Gasteiger partial charge in [-0.2, -0.15) is 0 Å². The summed E-state index contributed by atoms with van der Waals surface area (Å²) in [6.45, 7) is 1.49. The molecule has 1 heterocycles. The summed E-state index contributed by atoms with van der Waals surface area (Å²) in [5.74, 6) is -0.389. The standard InChI is InChI=1S/C10H15N3O4/c1-2-7(6-14)11-9(16)5-13-4-3-8(15)12-10(13)17/h3-4,7,14H,2,5-6H2,1H3,(H,11,16)(H,12,15,17). The highest BCUT2D eigenvalue weighted by atomic mass is 16.3. The molecular weight excluding hydrogens is 226 g/mol. The molecule has 0 saturated carbocycles. The van der Waals surface area contributed by atoms with Crippen LogP contribution in [0.2, 0.25) is 0 Å². The molecular formula is C10H15N3O4. The Hall–Kier alpha value is -1.89. The molecule has 0 aliphatic carbocycles. The Morgan fingerprint density at radius 3 is 2.82 bits per heavy atom. The average Bonchev–Trinajstić information content (AvgIpc) is 2.29. The molecule has 0 aliphatic rings. The lowest BCUT2D eigenvalue weighted by molar-refractivity contribution is -0.122. The van der Waals surface area contributed by atoms with E-state index in [9.17, 15) is 14.4 Å². The van der Waals surface area contributed by atoms with Crippen LogP contribution in [-0.2, 0) is 11.3 Å². The molecule has 0 saturated heterocycles. The Kier molecular flexibility index (Phi) is 4.65. The van der Waals surface area contributed by atoms with E-state index < -0.39 is 11.2 Å². The molecule has 1 atom stereocenters. The highest BCUT2D eigenvalue weighted by molar-refractivity contribution is 5.76. The molecule has 0 spiro atoms. The highest BCUT2D eigenvalue weighted by Gasteiger charge is 2.10. The van der Waals surface area contributed by atoms with Crippen molar-refractivity contribution < 1.29 is 9.90 Å². The summed E-state index contributed by atoms with van der Waals surface area (Å²) < 4.78 is 1.08. The smallest absolute Gasteiger partial charge is 0.328 e. The fraction of sp³-hybridized carbons (Fsp3) is 0.500. The molecule has 0 radical (unpaired) electrons. The zero-order chi connectivity index (χ0) is 12.8. The number of carbonyl (C=O) groups is 1. The molecule has 1 unspecified atom stereocenters. The van der Waals surface area contributed by atoms with E-state index in [4.69, 9.17) is 5.11 Å². The third-order valence-electron chi connectivity index (χ3n) is 2.29. The maximum absolute atomic E-state index is 11.5. The minimum atomic E-state index is -0.635. The van der Waals surface area contributed by atoms with Crippen molar-refractivity contribution in [2.24, 2.45) is 0 Å². The zero-order valence-electron chi connectivity index (χ0n) is 9.47. The van der Waals surface area contributed by atoms with Crippen molar-refractivity contribution in [3.8, 4) is 0 Å². The Morgan fingerprint density at radius 2 is 2.29 bits per heavy atom. The van der Waals surface area contributed by atoms with Crippen LogP contribution in [0.25, 0.3) is 0 Å². The van der Waals surface area contributed by atoms with Gasteiger partial charge in [0.05, 0.1) is 12.6 Å². The topological polar surface area (TPSA) is 104 Å². The summed E-state index contributed by atoms with van der Waals surface area (Å²) in [7, 11) is 0. The van der Waals surface area contributed by atoms with Gasteiger partial charge in [0.2, 0.25) is 5.91 Å². The maximum Gasteiger partial charge on any atom is 0.328 e. The summed E-state index contributed by atoms with van der Waals surface area (Å²) in [5.41, 5.74) is -1.14. The number of amides is 1. The molecule has 7 heteroatoms. The van der Waals surface area contributed by atoms with Crippen LogP contribution in [0.1, 0.15) is 13.3 Å². The Balaban J connectivity index is 2.68. The molecule has 1 aromatic rings. The number of carbonyl (C=O) groups excluding carboxylic acids is 1. The van der Waals surface area contributed by atoms with Crippen LogP contribution in [0.3, 0.4) is 0 Å². The summed E-state index contributed by atoms with van der Waals surface area (Å²) in [6.07, 6.45) is 1.85. The van der Waals surface area contributed by atoms with Crippen molar-refractivity contribution >= 4 is 5.91 Å². The van der Waals surface area contributed by atoms with E-state index in [-0.39, 0.29) is 25.1 Å². The number of rotatable bonds is 5. The minimum Gasteiger partial charge on any atom is -0.394 e. The third kappa shape index (κ3) is 3.87. The molecule has 0 bridgehead atoms. The molecule has 0 fully saturated rings. The van der Waals surface area contributed by atoms with E-state index in [1.54, 1.807) is 0 Å². The van der Waals surface area contributed by atoms with Crippen LogP contribution in [-0.4, -0.2) is 33.2 Å². The van der Waals surface area contributed by atoms with Crippen molar-refractivity contribution in [3.63, 3.8) is 0 Å². The van der Waals surface area contributed by atoms with E-state index in [1.807, 2.05) is 11.9 Å². The lowest BCUT2D eigenvalue weighted by Crippen LogP contribution is -2.41. The number of nitrogens with zero attached hydrogens (tertiary/aromatic N) is 1. The third-order valence-corrected chi connectivity index (χ3v) is 2.29. The summed E-state index contributed by atoms with van der Waals surface area (Å²) >= 11 is 0. The van der Waals surface area contributed by atoms with Gasteiger partial charge < -0.3 is 10.4 Å². The zero-order valence-corrected chi connectivity index (χ0v) is 9.47. The van der Waals surface area contributed by atoms with E-state index >= 15 is 0 Å². The number of H-pyrrole nitrogens is 1. The first-order valence-electron chi connectivity index (χ1n) is 5.26. The van der Waals surface area contributed by atoms with Crippen molar-refractivity contribution in [1.82, 2.24) is 14.9 Å². The molecule has 94 valence electrons. The van der Waals surface area contributed by atoms with Crippen LogP contribution < -0.4 is 16.6 Å². The number of aromatic nitrogens is 2. The van der Waals surface area contributed by atoms with Gasteiger partial charge in [-0.15, -0.1) is 0 Å².